The summed E-state index contributed by atoms with van der Waals surface area (Å²) in [7, 11) is 1.35. The van der Waals surface area contributed by atoms with Crippen LogP contribution in [-0.4, -0.2) is 30.5 Å². The van der Waals surface area contributed by atoms with Gasteiger partial charge in [0.1, 0.15) is 0 Å². The standard InChI is InChI=1S/C17H18N2O3S/c1-12-19-11-15(23-12)7-8-16(20)18-10-9-13-3-5-14(6-4-13)17(21)22-2/h3-8,11H,9-10H2,1-2H3,(H,18,20)/b8-7+. The number of esters is 1. The summed E-state index contributed by atoms with van der Waals surface area (Å²) in [4.78, 5) is 28.1. The summed E-state index contributed by atoms with van der Waals surface area (Å²) in [6, 6.07) is 7.15. The van der Waals surface area contributed by atoms with Crippen molar-refractivity contribution in [3.8, 4) is 0 Å². The molecule has 0 bridgehead atoms. The Morgan fingerprint density at radius 3 is 2.65 bits per heavy atom. The largest absolute Gasteiger partial charge is 0.465 e. The number of aryl methyl sites for hydroxylation is 1. The van der Waals surface area contributed by atoms with Gasteiger partial charge in [0.25, 0.3) is 0 Å². The van der Waals surface area contributed by atoms with Crippen LogP contribution in [-0.2, 0) is 16.0 Å². The minimum Gasteiger partial charge on any atom is -0.465 e. The van der Waals surface area contributed by atoms with Gasteiger partial charge in [0.2, 0.25) is 5.91 Å². The molecule has 0 atom stereocenters. The SMILES string of the molecule is COC(=O)c1ccc(CCNC(=O)/C=C/c2cnc(C)s2)cc1. The Bertz CT molecular complexity index is 705. The molecule has 6 heteroatoms. The average molecular weight is 330 g/mol. The number of methoxy groups -OCH3 is 1. The van der Waals surface area contributed by atoms with Crippen LogP contribution in [0.3, 0.4) is 0 Å². The van der Waals surface area contributed by atoms with Gasteiger partial charge in [-0.25, -0.2) is 9.78 Å². The smallest absolute Gasteiger partial charge is 0.337 e. The summed E-state index contributed by atoms with van der Waals surface area (Å²) in [5.74, 6) is -0.490. The van der Waals surface area contributed by atoms with E-state index in [1.54, 1.807) is 35.7 Å². The van der Waals surface area contributed by atoms with E-state index < -0.39 is 0 Å². The monoisotopic (exact) mass is 330 g/mol. The molecular weight excluding hydrogens is 312 g/mol. The second-order valence-electron chi connectivity index (χ2n) is 4.84. The van der Waals surface area contributed by atoms with E-state index in [-0.39, 0.29) is 11.9 Å². The van der Waals surface area contributed by atoms with Gasteiger partial charge >= 0.3 is 5.97 Å². The second kappa shape index (κ2) is 8.24. The number of carbonyl (C=O) groups excluding carboxylic acids is 2. The highest BCUT2D eigenvalue weighted by molar-refractivity contribution is 7.12. The molecule has 0 aliphatic carbocycles. The molecule has 5 nitrogen and oxygen atoms in total. The summed E-state index contributed by atoms with van der Waals surface area (Å²) >= 11 is 1.54. The van der Waals surface area contributed by atoms with Gasteiger partial charge in [-0.3, -0.25) is 4.79 Å². The number of thiazole rings is 1. The van der Waals surface area contributed by atoms with E-state index in [0.717, 1.165) is 15.4 Å². The first-order chi connectivity index (χ1) is 11.1. The molecule has 120 valence electrons. The number of nitrogens with zero attached hydrogens (tertiary/aromatic N) is 1. The van der Waals surface area contributed by atoms with Gasteiger partial charge in [0, 0.05) is 23.7 Å². The van der Waals surface area contributed by atoms with Crippen LogP contribution in [0.1, 0.15) is 25.8 Å². The fraction of sp³-hybridized carbons (Fsp3) is 0.235. The lowest BCUT2D eigenvalue weighted by Gasteiger charge is -2.04. The van der Waals surface area contributed by atoms with Crippen LogP contribution in [0.4, 0.5) is 0 Å². The van der Waals surface area contributed by atoms with Crippen molar-refractivity contribution >= 4 is 29.3 Å². The fourth-order valence-corrected chi connectivity index (χ4v) is 2.61. The molecule has 23 heavy (non-hydrogen) atoms. The van der Waals surface area contributed by atoms with Crippen LogP contribution in [0, 0.1) is 6.92 Å². The van der Waals surface area contributed by atoms with Gasteiger partial charge in [-0.15, -0.1) is 11.3 Å². The molecule has 1 aromatic carbocycles. The van der Waals surface area contributed by atoms with Gasteiger partial charge in [0.15, 0.2) is 0 Å². The van der Waals surface area contributed by atoms with Crippen molar-refractivity contribution in [2.24, 2.45) is 0 Å². The molecule has 0 unspecified atom stereocenters. The quantitative estimate of drug-likeness (QED) is 0.653. The first kappa shape index (κ1) is 16.9. The Morgan fingerprint density at radius 1 is 1.30 bits per heavy atom. The maximum atomic E-state index is 11.7. The van der Waals surface area contributed by atoms with Crippen molar-refractivity contribution in [3.05, 3.63) is 57.6 Å². The zero-order valence-corrected chi connectivity index (χ0v) is 13.9. The first-order valence-corrected chi connectivity index (χ1v) is 7.96. The van der Waals surface area contributed by atoms with Gasteiger partial charge in [-0.05, 0) is 37.1 Å². The first-order valence-electron chi connectivity index (χ1n) is 7.14. The molecule has 0 aliphatic rings. The van der Waals surface area contributed by atoms with E-state index in [2.05, 4.69) is 15.0 Å². The van der Waals surface area contributed by atoms with Crippen molar-refractivity contribution in [2.45, 2.75) is 13.3 Å². The third-order valence-corrected chi connectivity index (χ3v) is 4.00. The minimum atomic E-state index is -0.353. The van der Waals surface area contributed by atoms with Crippen LogP contribution in [0.25, 0.3) is 6.08 Å². The normalized spacial score (nSPS) is 10.7. The van der Waals surface area contributed by atoms with Crippen molar-refractivity contribution in [1.82, 2.24) is 10.3 Å². The minimum absolute atomic E-state index is 0.137. The van der Waals surface area contributed by atoms with E-state index in [1.807, 2.05) is 19.1 Å². The van der Waals surface area contributed by atoms with Gasteiger partial charge in [-0.2, -0.15) is 0 Å². The third kappa shape index (κ3) is 5.34. The maximum Gasteiger partial charge on any atom is 0.337 e. The van der Waals surface area contributed by atoms with Gasteiger partial charge < -0.3 is 10.1 Å². The summed E-state index contributed by atoms with van der Waals surface area (Å²) in [6.07, 6.45) is 5.70. The van der Waals surface area contributed by atoms with Crippen LogP contribution in [0.5, 0.6) is 0 Å². The van der Waals surface area contributed by atoms with Crippen LogP contribution in [0.15, 0.2) is 36.5 Å². The number of carbonyl (C=O) groups is 2. The van der Waals surface area contributed by atoms with E-state index in [0.29, 0.717) is 18.5 Å². The van der Waals surface area contributed by atoms with E-state index >= 15 is 0 Å². The highest BCUT2D eigenvalue weighted by Crippen LogP contribution is 2.12. The molecule has 1 N–H and O–H groups in total. The zero-order valence-electron chi connectivity index (χ0n) is 13.0. The zero-order chi connectivity index (χ0) is 16.7. The molecule has 2 aromatic rings. The Labute approximate surface area is 139 Å². The molecule has 2 rings (SSSR count). The Morgan fingerprint density at radius 2 is 2.04 bits per heavy atom. The molecule has 0 aliphatic heterocycles. The molecule has 0 fully saturated rings. The Hall–Kier alpha value is -2.47. The van der Waals surface area contributed by atoms with E-state index in [9.17, 15) is 9.59 Å². The number of hydrogen-bond acceptors (Lipinski definition) is 5. The molecule has 0 spiro atoms. The topological polar surface area (TPSA) is 68.3 Å². The molecular formula is C17H18N2O3S. The number of rotatable bonds is 6. The van der Waals surface area contributed by atoms with Crippen molar-refractivity contribution in [2.75, 3.05) is 13.7 Å². The lowest BCUT2D eigenvalue weighted by Crippen LogP contribution is -2.23. The van der Waals surface area contributed by atoms with Crippen molar-refractivity contribution in [1.29, 1.82) is 0 Å². The predicted molar refractivity (Wildman–Crippen MR) is 90.4 cm³/mol. The molecule has 0 saturated heterocycles. The number of amides is 1. The van der Waals surface area contributed by atoms with Crippen LogP contribution < -0.4 is 5.32 Å². The highest BCUT2D eigenvalue weighted by atomic mass is 32.1. The van der Waals surface area contributed by atoms with E-state index in [1.165, 1.54) is 13.2 Å². The average Bonchev–Trinajstić information content (AvgIpc) is 2.98. The molecule has 1 aromatic heterocycles. The molecule has 0 radical (unpaired) electrons. The summed E-state index contributed by atoms with van der Waals surface area (Å²) in [5, 5.41) is 3.80. The van der Waals surface area contributed by atoms with E-state index in [4.69, 9.17) is 0 Å². The summed E-state index contributed by atoms with van der Waals surface area (Å²) < 4.78 is 4.65. The molecule has 1 amide bonds. The highest BCUT2D eigenvalue weighted by Gasteiger charge is 2.04. The number of nitrogens with one attached hydrogen (secondary N) is 1. The van der Waals surface area contributed by atoms with Crippen LogP contribution >= 0.6 is 11.3 Å². The third-order valence-electron chi connectivity index (χ3n) is 3.13. The van der Waals surface area contributed by atoms with Crippen molar-refractivity contribution < 1.29 is 14.3 Å². The Kier molecular flexibility index (Phi) is 6.05. The number of hydrogen-bond donors (Lipinski definition) is 1. The second-order valence-corrected chi connectivity index (χ2v) is 6.11. The summed E-state index contributed by atoms with van der Waals surface area (Å²) in [5.41, 5.74) is 1.56. The Balaban J connectivity index is 1.77. The lowest BCUT2D eigenvalue weighted by atomic mass is 10.1. The fourth-order valence-electron chi connectivity index (χ4n) is 1.93. The van der Waals surface area contributed by atoms with Crippen LogP contribution in [0.2, 0.25) is 0 Å². The maximum absolute atomic E-state index is 11.7. The summed E-state index contributed by atoms with van der Waals surface area (Å²) in [6.45, 7) is 2.45. The molecule has 1 heterocycles. The lowest BCUT2D eigenvalue weighted by molar-refractivity contribution is -0.116. The van der Waals surface area contributed by atoms with Gasteiger partial charge in [0.05, 0.1) is 17.7 Å². The van der Waals surface area contributed by atoms with Gasteiger partial charge in [-0.1, -0.05) is 12.1 Å². The number of benzene rings is 1. The number of ether oxygens (including phenoxy) is 1. The van der Waals surface area contributed by atoms with Crippen molar-refractivity contribution in [3.63, 3.8) is 0 Å². The molecule has 0 saturated carbocycles. The number of aromatic nitrogens is 1. The predicted octanol–water partition coefficient (Wildman–Crippen LogP) is 2.61.